The van der Waals surface area contributed by atoms with Crippen molar-refractivity contribution in [1.29, 1.82) is 0 Å². The number of nitrogens with one attached hydrogen (secondary N) is 1. The van der Waals surface area contributed by atoms with E-state index in [0.29, 0.717) is 0 Å². The number of rotatable bonds is 5. The quantitative estimate of drug-likeness (QED) is 0.900. The summed E-state index contributed by atoms with van der Waals surface area (Å²) >= 11 is 0. The standard InChI is InChI=1S/C15H21N5O.ClH/c1-19-12-14(11-18-19)10-16-9-13-2-3-17-15(8-13)20-4-6-21-7-5-20;/h2-3,8,11-12,16H,4-7,9-10H2,1H3;1H. The van der Waals surface area contributed by atoms with Crippen LogP contribution < -0.4 is 10.2 Å². The van der Waals surface area contributed by atoms with Crippen molar-refractivity contribution in [3.8, 4) is 0 Å². The smallest absolute Gasteiger partial charge is 0.128 e. The third-order valence-electron chi connectivity index (χ3n) is 3.56. The van der Waals surface area contributed by atoms with E-state index in [1.54, 1.807) is 0 Å². The zero-order valence-electron chi connectivity index (χ0n) is 12.7. The fraction of sp³-hybridized carbons (Fsp3) is 0.467. The molecule has 1 aliphatic heterocycles. The SMILES string of the molecule is Cl.Cn1cc(CNCc2ccnc(N3CCOCC3)c2)cn1. The largest absolute Gasteiger partial charge is 0.378 e. The molecule has 0 bridgehead atoms. The van der Waals surface area contributed by atoms with Gasteiger partial charge in [0.1, 0.15) is 5.82 Å². The highest BCUT2D eigenvalue weighted by atomic mass is 35.5. The third-order valence-corrected chi connectivity index (χ3v) is 3.56. The molecule has 0 atom stereocenters. The maximum atomic E-state index is 5.38. The van der Waals surface area contributed by atoms with Gasteiger partial charge < -0.3 is 15.0 Å². The van der Waals surface area contributed by atoms with E-state index in [1.165, 1.54) is 11.1 Å². The van der Waals surface area contributed by atoms with Crippen molar-refractivity contribution in [2.45, 2.75) is 13.1 Å². The number of hydrogen-bond donors (Lipinski definition) is 1. The zero-order valence-corrected chi connectivity index (χ0v) is 13.6. The van der Waals surface area contributed by atoms with E-state index in [2.05, 4.69) is 32.4 Å². The average Bonchev–Trinajstić information content (AvgIpc) is 2.94. The van der Waals surface area contributed by atoms with Gasteiger partial charge >= 0.3 is 0 Å². The van der Waals surface area contributed by atoms with Crippen LogP contribution in [0.3, 0.4) is 0 Å². The molecular formula is C15H22ClN5O. The molecule has 1 N–H and O–H groups in total. The fourth-order valence-electron chi connectivity index (χ4n) is 2.45. The Morgan fingerprint density at radius 3 is 2.73 bits per heavy atom. The molecule has 0 radical (unpaired) electrons. The summed E-state index contributed by atoms with van der Waals surface area (Å²) < 4.78 is 7.20. The number of aryl methyl sites for hydroxylation is 1. The van der Waals surface area contributed by atoms with Crippen molar-refractivity contribution < 1.29 is 4.74 Å². The molecule has 1 aliphatic rings. The molecule has 1 saturated heterocycles. The molecule has 7 heteroatoms. The molecule has 120 valence electrons. The molecular weight excluding hydrogens is 302 g/mol. The third kappa shape index (κ3) is 4.43. The van der Waals surface area contributed by atoms with Crippen LogP contribution in [-0.2, 0) is 24.9 Å². The van der Waals surface area contributed by atoms with Gasteiger partial charge in [0.2, 0.25) is 0 Å². The number of morpholine rings is 1. The molecule has 0 unspecified atom stereocenters. The Labute approximate surface area is 136 Å². The molecule has 0 aromatic carbocycles. The first-order chi connectivity index (χ1) is 10.3. The van der Waals surface area contributed by atoms with Gasteiger partial charge in [-0.1, -0.05) is 0 Å². The minimum atomic E-state index is 0. The molecule has 1 fully saturated rings. The van der Waals surface area contributed by atoms with Crippen LogP contribution in [0, 0.1) is 0 Å². The van der Waals surface area contributed by atoms with Gasteiger partial charge in [-0.2, -0.15) is 5.10 Å². The van der Waals surface area contributed by atoms with Crippen molar-refractivity contribution in [3.05, 3.63) is 41.9 Å². The monoisotopic (exact) mass is 323 g/mol. The summed E-state index contributed by atoms with van der Waals surface area (Å²) in [5, 5.41) is 7.60. The first-order valence-electron chi connectivity index (χ1n) is 7.27. The first-order valence-corrected chi connectivity index (χ1v) is 7.27. The summed E-state index contributed by atoms with van der Waals surface area (Å²) in [6.07, 6.45) is 5.79. The van der Waals surface area contributed by atoms with Crippen molar-refractivity contribution in [3.63, 3.8) is 0 Å². The van der Waals surface area contributed by atoms with E-state index >= 15 is 0 Å². The summed E-state index contributed by atoms with van der Waals surface area (Å²) in [6.45, 7) is 5.05. The number of hydrogen-bond acceptors (Lipinski definition) is 5. The fourth-order valence-corrected chi connectivity index (χ4v) is 2.45. The molecule has 0 amide bonds. The van der Waals surface area contributed by atoms with E-state index in [-0.39, 0.29) is 12.4 Å². The number of anilines is 1. The number of halogens is 1. The van der Waals surface area contributed by atoms with E-state index in [4.69, 9.17) is 4.74 Å². The van der Waals surface area contributed by atoms with Gasteiger partial charge in [-0.15, -0.1) is 12.4 Å². The van der Waals surface area contributed by atoms with Gasteiger partial charge in [-0.05, 0) is 17.7 Å². The minimum Gasteiger partial charge on any atom is -0.378 e. The molecule has 0 aliphatic carbocycles. The van der Waals surface area contributed by atoms with Crippen molar-refractivity contribution in [1.82, 2.24) is 20.1 Å². The second kappa shape index (κ2) is 8.12. The van der Waals surface area contributed by atoms with Crippen LogP contribution in [-0.4, -0.2) is 41.1 Å². The first kappa shape index (κ1) is 16.7. The van der Waals surface area contributed by atoms with Gasteiger partial charge in [-0.25, -0.2) is 4.98 Å². The highest BCUT2D eigenvalue weighted by Gasteiger charge is 2.12. The maximum Gasteiger partial charge on any atom is 0.128 e. The Hall–Kier alpha value is -1.63. The molecule has 6 nitrogen and oxygen atoms in total. The van der Waals surface area contributed by atoms with E-state index in [9.17, 15) is 0 Å². The molecule has 0 saturated carbocycles. The Kier molecular flexibility index (Phi) is 6.18. The van der Waals surface area contributed by atoms with Crippen molar-refractivity contribution >= 4 is 18.2 Å². The maximum absolute atomic E-state index is 5.38. The predicted octanol–water partition coefficient (Wildman–Crippen LogP) is 1.36. The normalized spacial score (nSPS) is 14.7. The lowest BCUT2D eigenvalue weighted by Crippen LogP contribution is -2.36. The van der Waals surface area contributed by atoms with Crippen LogP contribution in [0.5, 0.6) is 0 Å². The van der Waals surface area contributed by atoms with Crippen LogP contribution in [0.15, 0.2) is 30.7 Å². The van der Waals surface area contributed by atoms with Gasteiger partial charge in [-0.3, -0.25) is 4.68 Å². The summed E-state index contributed by atoms with van der Waals surface area (Å²) in [5.74, 6) is 1.04. The Bertz CT molecular complexity index is 583. The van der Waals surface area contributed by atoms with Crippen LogP contribution in [0.4, 0.5) is 5.82 Å². The molecule has 3 rings (SSSR count). The van der Waals surface area contributed by atoms with Crippen LogP contribution >= 0.6 is 12.4 Å². The second-order valence-electron chi connectivity index (χ2n) is 5.25. The Balaban J connectivity index is 0.00000176. The number of aromatic nitrogens is 3. The van der Waals surface area contributed by atoms with Crippen LogP contribution in [0.2, 0.25) is 0 Å². The van der Waals surface area contributed by atoms with Crippen molar-refractivity contribution in [2.24, 2.45) is 7.05 Å². The highest BCUT2D eigenvalue weighted by Crippen LogP contribution is 2.14. The molecule has 2 aromatic heterocycles. The lowest BCUT2D eigenvalue weighted by Gasteiger charge is -2.28. The topological polar surface area (TPSA) is 55.2 Å². The second-order valence-corrected chi connectivity index (χ2v) is 5.25. The Morgan fingerprint density at radius 2 is 2.00 bits per heavy atom. The number of nitrogens with zero attached hydrogens (tertiary/aromatic N) is 4. The summed E-state index contributed by atoms with van der Waals surface area (Å²) in [5.41, 5.74) is 2.44. The lowest BCUT2D eigenvalue weighted by atomic mass is 10.2. The summed E-state index contributed by atoms with van der Waals surface area (Å²) in [6, 6.07) is 4.21. The van der Waals surface area contributed by atoms with Crippen LogP contribution in [0.25, 0.3) is 0 Å². The van der Waals surface area contributed by atoms with Crippen molar-refractivity contribution in [2.75, 3.05) is 31.2 Å². The number of pyridine rings is 1. The summed E-state index contributed by atoms with van der Waals surface area (Å²) in [4.78, 5) is 6.73. The van der Waals surface area contributed by atoms with E-state index in [0.717, 1.165) is 45.2 Å². The highest BCUT2D eigenvalue weighted by molar-refractivity contribution is 5.85. The molecule has 3 heterocycles. The lowest BCUT2D eigenvalue weighted by molar-refractivity contribution is 0.122. The van der Waals surface area contributed by atoms with Gasteiger partial charge in [0.15, 0.2) is 0 Å². The molecule has 0 spiro atoms. The van der Waals surface area contributed by atoms with Gasteiger partial charge in [0.25, 0.3) is 0 Å². The molecule has 22 heavy (non-hydrogen) atoms. The van der Waals surface area contributed by atoms with Crippen LogP contribution in [0.1, 0.15) is 11.1 Å². The van der Waals surface area contributed by atoms with Gasteiger partial charge in [0.05, 0.1) is 19.4 Å². The van der Waals surface area contributed by atoms with E-state index < -0.39 is 0 Å². The number of ether oxygens (including phenoxy) is 1. The minimum absolute atomic E-state index is 0. The average molecular weight is 324 g/mol. The Morgan fingerprint density at radius 1 is 1.23 bits per heavy atom. The summed E-state index contributed by atoms with van der Waals surface area (Å²) in [7, 11) is 1.93. The predicted molar refractivity (Wildman–Crippen MR) is 88.3 cm³/mol. The van der Waals surface area contributed by atoms with Gasteiger partial charge in [0, 0.05) is 51.2 Å². The zero-order chi connectivity index (χ0) is 14.5. The molecule has 2 aromatic rings. The van der Waals surface area contributed by atoms with E-state index in [1.807, 2.05) is 30.3 Å².